The van der Waals surface area contributed by atoms with Crippen LogP contribution in [0, 0.1) is 11.8 Å². The molecular formula is C13H27N3O. The number of hydrogen-bond donors (Lipinski definition) is 2. The second kappa shape index (κ2) is 7.67. The van der Waals surface area contributed by atoms with Crippen molar-refractivity contribution in [2.75, 3.05) is 32.7 Å². The van der Waals surface area contributed by atoms with E-state index >= 15 is 0 Å². The van der Waals surface area contributed by atoms with Crippen LogP contribution in [0.3, 0.4) is 0 Å². The van der Waals surface area contributed by atoms with Crippen LogP contribution in [0.4, 0.5) is 0 Å². The molecule has 3 N–H and O–H groups in total. The Hall–Kier alpha value is -0.610. The van der Waals surface area contributed by atoms with Crippen LogP contribution >= 0.6 is 0 Å². The van der Waals surface area contributed by atoms with Crippen molar-refractivity contribution in [2.24, 2.45) is 17.6 Å². The van der Waals surface area contributed by atoms with Crippen molar-refractivity contribution in [3.8, 4) is 0 Å². The molecule has 1 fully saturated rings. The molecule has 4 nitrogen and oxygen atoms in total. The molecule has 0 aliphatic carbocycles. The number of hydrogen-bond acceptors (Lipinski definition) is 3. The Balaban J connectivity index is 2.29. The summed E-state index contributed by atoms with van der Waals surface area (Å²) in [5.74, 6) is 1.56. The number of amides is 1. The first-order chi connectivity index (χ1) is 8.21. The maximum Gasteiger partial charge on any atom is 0.221 e. The van der Waals surface area contributed by atoms with Crippen LogP contribution in [0.5, 0.6) is 0 Å². The predicted octanol–water partition coefficient (Wildman–Crippen LogP) is 0.819. The van der Waals surface area contributed by atoms with Gasteiger partial charge in [-0.2, -0.15) is 0 Å². The molecule has 0 aromatic carbocycles. The molecule has 0 spiro atoms. The van der Waals surface area contributed by atoms with Crippen LogP contribution in [0.15, 0.2) is 0 Å². The second-order valence-electron chi connectivity index (χ2n) is 4.96. The lowest BCUT2D eigenvalue weighted by Crippen LogP contribution is -2.43. The highest BCUT2D eigenvalue weighted by Gasteiger charge is 2.26. The number of nitrogens with two attached hydrogens (primary N) is 1. The summed E-state index contributed by atoms with van der Waals surface area (Å²) in [6, 6.07) is 0. The second-order valence-corrected chi connectivity index (χ2v) is 4.96. The monoisotopic (exact) mass is 241 g/mol. The molecule has 0 saturated carbocycles. The molecule has 1 saturated heterocycles. The highest BCUT2D eigenvalue weighted by atomic mass is 16.1. The van der Waals surface area contributed by atoms with Gasteiger partial charge in [0.1, 0.15) is 0 Å². The molecule has 1 amide bonds. The van der Waals surface area contributed by atoms with Gasteiger partial charge in [-0.25, -0.2) is 0 Å². The van der Waals surface area contributed by atoms with Crippen molar-refractivity contribution in [1.29, 1.82) is 0 Å². The SMILES string of the molecule is CCNC(=O)CCN1CCC(CN)C(CC)C1. The quantitative estimate of drug-likeness (QED) is 0.724. The summed E-state index contributed by atoms with van der Waals surface area (Å²) >= 11 is 0. The number of carbonyl (C=O) groups is 1. The third-order valence-electron chi connectivity index (χ3n) is 3.83. The molecule has 0 aromatic rings. The van der Waals surface area contributed by atoms with Crippen LogP contribution in [0.1, 0.15) is 33.1 Å². The van der Waals surface area contributed by atoms with E-state index < -0.39 is 0 Å². The van der Waals surface area contributed by atoms with E-state index in [1.165, 1.54) is 12.8 Å². The van der Waals surface area contributed by atoms with Crippen LogP contribution in [0.2, 0.25) is 0 Å². The maximum absolute atomic E-state index is 11.4. The average molecular weight is 241 g/mol. The first-order valence-electron chi connectivity index (χ1n) is 6.90. The van der Waals surface area contributed by atoms with E-state index in [1.54, 1.807) is 0 Å². The van der Waals surface area contributed by atoms with E-state index in [9.17, 15) is 4.79 Å². The average Bonchev–Trinajstić information content (AvgIpc) is 2.36. The van der Waals surface area contributed by atoms with Gasteiger partial charge in [0.05, 0.1) is 0 Å². The summed E-state index contributed by atoms with van der Waals surface area (Å²) in [5, 5.41) is 2.84. The van der Waals surface area contributed by atoms with Crippen LogP contribution < -0.4 is 11.1 Å². The lowest BCUT2D eigenvalue weighted by Gasteiger charge is -2.37. The van der Waals surface area contributed by atoms with Crippen LogP contribution in [-0.2, 0) is 4.79 Å². The Labute approximate surface area is 105 Å². The summed E-state index contributed by atoms with van der Waals surface area (Å²) in [6.07, 6.45) is 3.00. The van der Waals surface area contributed by atoms with E-state index in [0.29, 0.717) is 18.3 Å². The van der Waals surface area contributed by atoms with Gasteiger partial charge in [0.15, 0.2) is 0 Å². The minimum absolute atomic E-state index is 0.168. The van der Waals surface area contributed by atoms with Gasteiger partial charge >= 0.3 is 0 Å². The molecule has 100 valence electrons. The fourth-order valence-corrected chi connectivity index (χ4v) is 2.68. The number of likely N-dealkylation sites (tertiary alicyclic amines) is 1. The normalized spacial score (nSPS) is 25.8. The van der Waals surface area contributed by atoms with E-state index in [2.05, 4.69) is 17.1 Å². The molecule has 0 bridgehead atoms. The van der Waals surface area contributed by atoms with Gasteiger partial charge < -0.3 is 16.0 Å². The standard InChI is InChI=1S/C13H27N3O/c1-3-11-10-16(7-5-12(11)9-14)8-6-13(17)15-4-2/h11-12H,3-10,14H2,1-2H3,(H,15,17). The highest BCUT2D eigenvalue weighted by Crippen LogP contribution is 2.25. The summed E-state index contributed by atoms with van der Waals surface area (Å²) in [7, 11) is 0. The zero-order chi connectivity index (χ0) is 12.7. The maximum atomic E-state index is 11.4. The molecule has 0 radical (unpaired) electrons. The number of rotatable bonds is 6. The lowest BCUT2D eigenvalue weighted by molar-refractivity contribution is -0.121. The molecule has 2 unspecified atom stereocenters. The largest absolute Gasteiger partial charge is 0.356 e. The van der Waals surface area contributed by atoms with Crippen molar-refractivity contribution in [3.05, 3.63) is 0 Å². The smallest absolute Gasteiger partial charge is 0.221 e. The van der Waals surface area contributed by atoms with Crippen molar-refractivity contribution in [2.45, 2.75) is 33.1 Å². The molecule has 1 rings (SSSR count). The Morgan fingerprint density at radius 3 is 2.76 bits per heavy atom. The van der Waals surface area contributed by atoms with Gasteiger partial charge in [-0.3, -0.25) is 4.79 Å². The summed E-state index contributed by atoms with van der Waals surface area (Å²) < 4.78 is 0. The summed E-state index contributed by atoms with van der Waals surface area (Å²) in [4.78, 5) is 13.8. The van der Waals surface area contributed by atoms with Crippen LogP contribution in [-0.4, -0.2) is 43.5 Å². The fraction of sp³-hybridized carbons (Fsp3) is 0.923. The number of nitrogens with one attached hydrogen (secondary N) is 1. The summed E-state index contributed by atoms with van der Waals surface area (Å²) in [6.45, 7) is 8.82. The predicted molar refractivity (Wildman–Crippen MR) is 70.7 cm³/mol. The van der Waals surface area contributed by atoms with Crippen LogP contribution in [0.25, 0.3) is 0 Å². The first-order valence-corrected chi connectivity index (χ1v) is 6.90. The van der Waals surface area contributed by atoms with Gasteiger partial charge in [0, 0.05) is 26.1 Å². The topological polar surface area (TPSA) is 58.4 Å². The molecule has 4 heteroatoms. The van der Waals surface area contributed by atoms with E-state index in [1.807, 2.05) is 6.92 Å². The van der Waals surface area contributed by atoms with E-state index in [0.717, 1.165) is 32.7 Å². The van der Waals surface area contributed by atoms with Gasteiger partial charge in [-0.15, -0.1) is 0 Å². The number of piperidine rings is 1. The highest BCUT2D eigenvalue weighted by molar-refractivity contribution is 5.75. The fourth-order valence-electron chi connectivity index (χ4n) is 2.68. The van der Waals surface area contributed by atoms with E-state index in [-0.39, 0.29) is 5.91 Å². The minimum atomic E-state index is 0.168. The minimum Gasteiger partial charge on any atom is -0.356 e. The van der Waals surface area contributed by atoms with Gasteiger partial charge in [0.25, 0.3) is 0 Å². The lowest BCUT2D eigenvalue weighted by atomic mass is 9.84. The van der Waals surface area contributed by atoms with Crippen molar-refractivity contribution in [1.82, 2.24) is 10.2 Å². The van der Waals surface area contributed by atoms with Gasteiger partial charge in [-0.1, -0.05) is 13.3 Å². The zero-order valence-electron chi connectivity index (χ0n) is 11.2. The Bertz CT molecular complexity index is 233. The molecule has 1 aliphatic rings. The molecule has 0 aromatic heterocycles. The Morgan fingerprint density at radius 1 is 1.41 bits per heavy atom. The molecule has 2 atom stereocenters. The number of carbonyl (C=O) groups excluding carboxylic acids is 1. The Kier molecular flexibility index (Phi) is 6.52. The zero-order valence-corrected chi connectivity index (χ0v) is 11.2. The van der Waals surface area contributed by atoms with Gasteiger partial charge in [-0.05, 0) is 38.3 Å². The molecule has 1 aliphatic heterocycles. The third-order valence-corrected chi connectivity index (χ3v) is 3.83. The Morgan fingerprint density at radius 2 is 2.18 bits per heavy atom. The van der Waals surface area contributed by atoms with Gasteiger partial charge in [0.2, 0.25) is 5.91 Å². The third kappa shape index (κ3) is 4.64. The van der Waals surface area contributed by atoms with Crippen molar-refractivity contribution in [3.63, 3.8) is 0 Å². The van der Waals surface area contributed by atoms with Crippen molar-refractivity contribution < 1.29 is 4.79 Å². The number of nitrogens with zero attached hydrogens (tertiary/aromatic N) is 1. The van der Waals surface area contributed by atoms with Crippen molar-refractivity contribution >= 4 is 5.91 Å². The first kappa shape index (κ1) is 14.5. The summed E-state index contributed by atoms with van der Waals surface area (Å²) in [5.41, 5.74) is 5.79. The molecule has 1 heterocycles. The molecule has 17 heavy (non-hydrogen) atoms. The van der Waals surface area contributed by atoms with E-state index in [4.69, 9.17) is 5.73 Å². The molecular weight excluding hydrogens is 214 g/mol.